The van der Waals surface area contributed by atoms with Crippen molar-refractivity contribution >= 4 is 18.0 Å². The van der Waals surface area contributed by atoms with Crippen molar-refractivity contribution < 1.29 is 9.21 Å². The van der Waals surface area contributed by atoms with Gasteiger partial charge in [0.2, 0.25) is 5.89 Å². The number of nitrogens with zero attached hydrogens (tertiary/aromatic N) is 2. The predicted octanol–water partition coefficient (Wildman–Crippen LogP) is 4.46. The molecule has 1 aromatic heterocycles. The Morgan fingerprint density at radius 2 is 1.83 bits per heavy atom. The molecule has 3 rings (SSSR count). The topological polar surface area (TPSA) is 56.0 Å². The molecule has 0 bridgehead atoms. The molecule has 4 nitrogen and oxygen atoms in total. The molecule has 0 aliphatic rings. The first-order chi connectivity index (χ1) is 11.2. The summed E-state index contributed by atoms with van der Waals surface area (Å²) in [6.45, 7) is 4.14. The number of hydrogen-bond acceptors (Lipinski definition) is 5. The lowest BCUT2D eigenvalue weighted by atomic mass is 10.1. The van der Waals surface area contributed by atoms with Crippen LogP contribution in [0.15, 0.2) is 52.1 Å². The van der Waals surface area contributed by atoms with Gasteiger partial charge in [0.25, 0.3) is 5.22 Å². The van der Waals surface area contributed by atoms with Crippen molar-refractivity contribution in [2.45, 2.75) is 24.8 Å². The first kappa shape index (κ1) is 15.5. The van der Waals surface area contributed by atoms with E-state index in [1.807, 2.05) is 18.2 Å². The molecule has 23 heavy (non-hydrogen) atoms. The highest BCUT2D eigenvalue weighted by atomic mass is 32.2. The molecular weight excluding hydrogens is 308 g/mol. The molecule has 0 atom stereocenters. The molecule has 0 aliphatic carbocycles. The van der Waals surface area contributed by atoms with Crippen LogP contribution < -0.4 is 0 Å². The lowest BCUT2D eigenvalue weighted by Gasteiger charge is -2.01. The van der Waals surface area contributed by atoms with E-state index in [1.165, 1.54) is 22.9 Å². The Balaban J connectivity index is 1.69. The molecule has 0 spiro atoms. The second-order valence-electron chi connectivity index (χ2n) is 5.32. The van der Waals surface area contributed by atoms with Gasteiger partial charge in [0.15, 0.2) is 0 Å². The maximum Gasteiger partial charge on any atom is 0.277 e. The summed E-state index contributed by atoms with van der Waals surface area (Å²) < 4.78 is 5.72. The van der Waals surface area contributed by atoms with E-state index >= 15 is 0 Å². The van der Waals surface area contributed by atoms with E-state index in [0.717, 1.165) is 17.4 Å². The summed E-state index contributed by atoms with van der Waals surface area (Å²) in [6, 6.07) is 13.6. The Morgan fingerprint density at radius 1 is 1.04 bits per heavy atom. The van der Waals surface area contributed by atoms with Crippen LogP contribution in [0.1, 0.15) is 27.0 Å². The number of hydrogen-bond donors (Lipinski definition) is 0. The summed E-state index contributed by atoms with van der Waals surface area (Å²) in [7, 11) is 0. The van der Waals surface area contributed by atoms with E-state index in [1.54, 1.807) is 12.1 Å². The van der Waals surface area contributed by atoms with E-state index in [2.05, 4.69) is 36.2 Å². The van der Waals surface area contributed by atoms with Crippen LogP contribution in [0.25, 0.3) is 11.5 Å². The molecule has 2 aromatic carbocycles. The molecule has 0 saturated heterocycles. The maximum absolute atomic E-state index is 10.6. The predicted molar refractivity (Wildman–Crippen MR) is 90.6 cm³/mol. The summed E-state index contributed by atoms with van der Waals surface area (Å²) in [6.07, 6.45) is 0.838. The van der Waals surface area contributed by atoms with Crippen LogP contribution in [0.5, 0.6) is 0 Å². The largest absolute Gasteiger partial charge is 0.411 e. The Labute approximate surface area is 138 Å². The summed E-state index contributed by atoms with van der Waals surface area (Å²) >= 11 is 1.48. The standard InChI is InChI=1S/C18H16N2O2S/c1-12-3-8-16(9-13(12)2)17-19-20-18(22-17)23-11-15-6-4-14(10-21)5-7-15/h3-10H,11H2,1-2H3. The summed E-state index contributed by atoms with van der Waals surface area (Å²) in [4.78, 5) is 10.6. The quantitative estimate of drug-likeness (QED) is 0.512. The minimum Gasteiger partial charge on any atom is -0.411 e. The van der Waals surface area contributed by atoms with Gasteiger partial charge in [-0.2, -0.15) is 0 Å². The van der Waals surface area contributed by atoms with Crippen LogP contribution in [0, 0.1) is 13.8 Å². The molecule has 0 saturated carbocycles. The van der Waals surface area contributed by atoms with Crippen molar-refractivity contribution in [3.05, 3.63) is 64.7 Å². The third-order valence-electron chi connectivity index (χ3n) is 3.64. The number of carbonyl (C=O) groups is 1. The SMILES string of the molecule is Cc1ccc(-c2nnc(SCc3ccc(C=O)cc3)o2)cc1C. The molecular formula is C18H16N2O2S. The van der Waals surface area contributed by atoms with Gasteiger partial charge in [-0.05, 0) is 42.7 Å². The normalized spacial score (nSPS) is 10.7. The fourth-order valence-electron chi connectivity index (χ4n) is 2.10. The highest BCUT2D eigenvalue weighted by Crippen LogP contribution is 2.26. The van der Waals surface area contributed by atoms with Crippen molar-refractivity contribution in [3.8, 4) is 11.5 Å². The highest BCUT2D eigenvalue weighted by Gasteiger charge is 2.10. The number of rotatable bonds is 5. The molecule has 0 unspecified atom stereocenters. The highest BCUT2D eigenvalue weighted by molar-refractivity contribution is 7.98. The molecule has 3 aromatic rings. The van der Waals surface area contributed by atoms with Gasteiger partial charge < -0.3 is 4.42 Å². The Hall–Kier alpha value is -2.40. The fourth-order valence-corrected chi connectivity index (χ4v) is 2.82. The van der Waals surface area contributed by atoms with E-state index in [9.17, 15) is 4.79 Å². The third-order valence-corrected chi connectivity index (χ3v) is 4.53. The summed E-state index contributed by atoms with van der Waals surface area (Å²) in [5.41, 5.74) is 5.15. The number of benzene rings is 2. The number of aromatic nitrogens is 2. The van der Waals surface area contributed by atoms with Gasteiger partial charge in [-0.25, -0.2) is 0 Å². The van der Waals surface area contributed by atoms with E-state index in [-0.39, 0.29) is 0 Å². The van der Waals surface area contributed by atoms with Gasteiger partial charge >= 0.3 is 0 Å². The summed E-state index contributed by atoms with van der Waals surface area (Å²) in [5, 5.41) is 8.74. The first-order valence-electron chi connectivity index (χ1n) is 7.24. The van der Waals surface area contributed by atoms with Crippen LogP contribution in [-0.4, -0.2) is 16.5 Å². The number of aldehydes is 1. The van der Waals surface area contributed by atoms with Crippen molar-refractivity contribution in [1.29, 1.82) is 0 Å². The van der Waals surface area contributed by atoms with E-state index < -0.39 is 0 Å². The Kier molecular flexibility index (Phi) is 4.57. The summed E-state index contributed by atoms with van der Waals surface area (Å²) in [5.74, 6) is 1.25. The van der Waals surface area contributed by atoms with Crippen LogP contribution in [0.4, 0.5) is 0 Å². The lowest BCUT2D eigenvalue weighted by molar-refractivity contribution is 0.112. The zero-order valence-electron chi connectivity index (χ0n) is 12.9. The molecule has 0 N–H and O–H groups in total. The fraction of sp³-hybridized carbons (Fsp3) is 0.167. The minimum atomic E-state index is 0.534. The molecule has 0 radical (unpaired) electrons. The minimum absolute atomic E-state index is 0.534. The zero-order valence-corrected chi connectivity index (χ0v) is 13.8. The van der Waals surface area contributed by atoms with Crippen molar-refractivity contribution in [1.82, 2.24) is 10.2 Å². The number of aryl methyl sites for hydroxylation is 2. The van der Waals surface area contributed by atoms with E-state index in [0.29, 0.717) is 22.4 Å². The maximum atomic E-state index is 10.6. The molecule has 0 aliphatic heterocycles. The van der Waals surface area contributed by atoms with Crippen molar-refractivity contribution in [2.75, 3.05) is 0 Å². The molecule has 5 heteroatoms. The molecule has 0 fully saturated rings. The van der Waals surface area contributed by atoms with Gasteiger partial charge in [-0.1, -0.05) is 42.1 Å². The molecule has 0 amide bonds. The van der Waals surface area contributed by atoms with E-state index in [4.69, 9.17) is 4.42 Å². The monoisotopic (exact) mass is 324 g/mol. The Morgan fingerprint density at radius 3 is 2.52 bits per heavy atom. The van der Waals surface area contributed by atoms with Gasteiger partial charge in [0.1, 0.15) is 6.29 Å². The first-order valence-corrected chi connectivity index (χ1v) is 8.22. The van der Waals surface area contributed by atoms with Gasteiger partial charge in [0.05, 0.1) is 0 Å². The van der Waals surface area contributed by atoms with Crippen molar-refractivity contribution in [2.24, 2.45) is 0 Å². The average molecular weight is 324 g/mol. The number of carbonyl (C=O) groups excluding carboxylic acids is 1. The van der Waals surface area contributed by atoms with Crippen LogP contribution in [0.3, 0.4) is 0 Å². The van der Waals surface area contributed by atoms with Gasteiger partial charge in [-0.3, -0.25) is 4.79 Å². The van der Waals surface area contributed by atoms with Crippen molar-refractivity contribution in [3.63, 3.8) is 0 Å². The smallest absolute Gasteiger partial charge is 0.277 e. The Bertz CT molecular complexity index is 825. The third kappa shape index (κ3) is 3.68. The molecule has 116 valence electrons. The van der Waals surface area contributed by atoms with Crippen LogP contribution >= 0.6 is 11.8 Å². The lowest BCUT2D eigenvalue weighted by Crippen LogP contribution is -1.83. The average Bonchev–Trinajstić information content (AvgIpc) is 3.05. The van der Waals surface area contributed by atoms with Gasteiger partial charge in [0, 0.05) is 16.9 Å². The zero-order chi connectivity index (χ0) is 16.2. The van der Waals surface area contributed by atoms with Crippen LogP contribution in [-0.2, 0) is 5.75 Å². The molecule has 1 heterocycles. The van der Waals surface area contributed by atoms with Crippen LogP contribution in [0.2, 0.25) is 0 Å². The number of thioether (sulfide) groups is 1. The second-order valence-corrected chi connectivity index (χ2v) is 6.25. The van der Waals surface area contributed by atoms with Gasteiger partial charge in [-0.15, -0.1) is 10.2 Å². The second kappa shape index (κ2) is 6.79.